The van der Waals surface area contributed by atoms with E-state index < -0.39 is 0 Å². The van der Waals surface area contributed by atoms with Gasteiger partial charge in [-0.2, -0.15) is 15.0 Å². The Labute approximate surface area is 172 Å². The number of benzene rings is 1. The van der Waals surface area contributed by atoms with Crippen molar-refractivity contribution in [3.8, 4) is 17.6 Å². The highest BCUT2D eigenvalue weighted by Crippen LogP contribution is 2.34. The fourth-order valence-corrected chi connectivity index (χ4v) is 2.99. The molecule has 3 rings (SSSR count). The Hall–Kier alpha value is -3.57. The molecule has 0 unspecified atom stereocenters. The lowest BCUT2D eigenvalue weighted by Gasteiger charge is -2.13. The number of rotatable bonds is 6. The minimum atomic E-state index is -0.239. The van der Waals surface area contributed by atoms with Crippen molar-refractivity contribution in [2.45, 2.75) is 26.8 Å². The van der Waals surface area contributed by atoms with Gasteiger partial charge >= 0.3 is 0 Å². The maximum absolute atomic E-state index is 11.7. The van der Waals surface area contributed by atoms with Crippen molar-refractivity contribution in [1.29, 1.82) is 5.26 Å². The topological polar surface area (TPSA) is 116 Å². The van der Waals surface area contributed by atoms with Crippen molar-refractivity contribution < 1.29 is 9.90 Å². The minimum absolute atomic E-state index is 0.116. The highest BCUT2D eigenvalue weighted by Gasteiger charge is 2.17. The fraction of sp³-hybridized carbons (Fsp3) is 0.200. The largest absolute Gasteiger partial charge is 0.504 e. The number of anilines is 2. The number of hydrogen-bond acceptors (Lipinski definition) is 6. The monoisotopic (exact) mass is 410 g/mol. The molecule has 3 N–H and O–H groups in total. The first-order chi connectivity index (χ1) is 13.9. The fourth-order valence-electron chi connectivity index (χ4n) is 2.75. The number of amides is 1. The van der Waals surface area contributed by atoms with Crippen LogP contribution in [0.25, 0.3) is 5.82 Å². The van der Waals surface area contributed by atoms with Gasteiger partial charge in [0.1, 0.15) is 17.5 Å². The molecule has 8 nitrogen and oxygen atoms in total. The van der Waals surface area contributed by atoms with Crippen LogP contribution in [-0.4, -0.2) is 25.8 Å². The Morgan fingerprint density at radius 2 is 2.17 bits per heavy atom. The maximum atomic E-state index is 11.7. The van der Waals surface area contributed by atoms with Crippen LogP contribution in [0.4, 0.5) is 11.5 Å². The van der Waals surface area contributed by atoms with Crippen LogP contribution < -0.4 is 10.6 Å². The normalized spacial score (nSPS) is 10.4. The molecule has 0 aliphatic carbocycles. The number of phenols is 1. The van der Waals surface area contributed by atoms with E-state index in [1.165, 1.54) is 0 Å². The predicted octanol–water partition coefficient (Wildman–Crippen LogP) is 3.77. The number of nitrogens with zero attached hydrogens (tertiary/aromatic N) is 4. The third-order valence-corrected chi connectivity index (χ3v) is 4.50. The van der Waals surface area contributed by atoms with Gasteiger partial charge in [-0.25, -0.2) is 4.98 Å². The minimum Gasteiger partial charge on any atom is -0.504 e. The molecule has 9 heteroatoms. The van der Waals surface area contributed by atoms with Crippen LogP contribution in [0.2, 0.25) is 5.02 Å². The second-order valence-electron chi connectivity index (χ2n) is 6.25. The molecule has 0 fully saturated rings. The molecular weight excluding hydrogens is 392 g/mol. The molecule has 2 aromatic heterocycles. The van der Waals surface area contributed by atoms with Crippen LogP contribution in [0.15, 0.2) is 36.5 Å². The second-order valence-corrected chi connectivity index (χ2v) is 6.66. The lowest BCUT2D eigenvalue weighted by atomic mass is 10.1. The standard InChI is InChI=1S/C20H19ClN6O2/c1-3-18(28)25-16-9-13(8-15(21)19(16)29)11-24-20-14(10-22)12(2)26-27(20)17-6-4-5-7-23-17/h4-9,24,29H,3,11H2,1-2H3,(H,25,28). The van der Waals surface area contributed by atoms with Crippen molar-refractivity contribution in [3.05, 3.63) is 58.4 Å². The van der Waals surface area contributed by atoms with Gasteiger partial charge in [-0.05, 0) is 36.8 Å². The first-order valence-electron chi connectivity index (χ1n) is 8.90. The van der Waals surface area contributed by atoms with Gasteiger partial charge in [0.25, 0.3) is 0 Å². The molecule has 0 radical (unpaired) electrons. The van der Waals surface area contributed by atoms with Gasteiger partial charge in [0.05, 0.1) is 16.4 Å². The lowest BCUT2D eigenvalue weighted by molar-refractivity contribution is -0.115. The molecule has 1 amide bonds. The quantitative estimate of drug-likeness (QED) is 0.533. The second kappa shape index (κ2) is 8.63. The van der Waals surface area contributed by atoms with Crippen LogP contribution in [0.1, 0.15) is 30.2 Å². The van der Waals surface area contributed by atoms with Crippen LogP contribution >= 0.6 is 11.6 Å². The average molecular weight is 411 g/mol. The van der Waals surface area contributed by atoms with Crippen molar-refractivity contribution in [3.63, 3.8) is 0 Å². The summed E-state index contributed by atoms with van der Waals surface area (Å²) < 4.78 is 1.57. The summed E-state index contributed by atoms with van der Waals surface area (Å²) in [5.41, 5.74) is 1.91. The zero-order valence-electron chi connectivity index (χ0n) is 15.9. The van der Waals surface area contributed by atoms with E-state index in [9.17, 15) is 15.2 Å². The summed E-state index contributed by atoms with van der Waals surface area (Å²) in [6.45, 7) is 3.74. The Bertz CT molecular complexity index is 1090. The Balaban J connectivity index is 1.92. The molecule has 2 heterocycles. The van der Waals surface area contributed by atoms with E-state index in [1.807, 2.05) is 6.07 Å². The first-order valence-corrected chi connectivity index (χ1v) is 9.28. The van der Waals surface area contributed by atoms with Gasteiger partial charge in [0, 0.05) is 19.2 Å². The molecule has 0 atom stereocenters. The van der Waals surface area contributed by atoms with Crippen molar-refractivity contribution in [2.75, 3.05) is 10.6 Å². The number of phenolic OH excluding ortho intramolecular Hbond substituents is 1. The summed E-state index contributed by atoms with van der Waals surface area (Å²) >= 11 is 6.11. The number of pyridine rings is 1. The van der Waals surface area contributed by atoms with E-state index in [-0.39, 0.29) is 35.3 Å². The number of carbonyl (C=O) groups is 1. The summed E-state index contributed by atoms with van der Waals surface area (Å²) in [6, 6.07) is 10.8. The van der Waals surface area contributed by atoms with E-state index >= 15 is 0 Å². The smallest absolute Gasteiger partial charge is 0.224 e. The third-order valence-electron chi connectivity index (χ3n) is 4.22. The number of hydrogen-bond donors (Lipinski definition) is 3. The molecule has 3 aromatic rings. The molecule has 1 aromatic carbocycles. The van der Waals surface area contributed by atoms with Gasteiger partial charge in [0.2, 0.25) is 5.91 Å². The zero-order valence-corrected chi connectivity index (χ0v) is 16.7. The van der Waals surface area contributed by atoms with Crippen molar-refractivity contribution in [2.24, 2.45) is 0 Å². The van der Waals surface area contributed by atoms with Gasteiger partial charge < -0.3 is 15.7 Å². The van der Waals surface area contributed by atoms with Crippen LogP contribution in [0.5, 0.6) is 5.75 Å². The first kappa shape index (κ1) is 20.2. The molecular formula is C20H19ClN6O2. The molecule has 0 saturated carbocycles. The van der Waals surface area contributed by atoms with E-state index in [4.69, 9.17) is 11.6 Å². The van der Waals surface area contributed by atoms with Crippen LogP contribution in [0.3, 0.4) is 0 Å². The highest BCUT2D eigenvalue weighted by molar-refractivity contribution is 6.32. The number of aryl methyl sites for hydroxylation is 1. The van der Waals surface area contributed by atoms with E-state index in [0.29, 0.717) is 28.5 Å². The van der Waals surface area contributed by atoms with Crippen LogP contribution in [0, 0.1) is 18.3 Å². The lowest BCUT2D eigenvalue weighted by Crippen LogP contribution is -2.11. The Morgan fingerprint density at radius 1 is 1.38 bits per heavy atom. The molecule has 0 bridgehead atoms. The summed E-state index contributed by atoms with van der Waals surface area (Å²) in [5.74, 6) is 0.632. The van der Waals surface area contributed by atoms with Crippen molar-refractivity contribution >= 4 is 29.0 Å². The average Bonchev–Trinajstić information content (AvgIpc) is 3.05. The van der Waals surface area contributed by atoms with E-state index in [2.05, 4.69) is 26.8 Å². The van der Waals surface area contributed by atoms with Gasteiger partial charge in [-0.1, -0.05) is 24.6 Å². The number of aromatic hydroxyl groups is 1. The highest BCUT2D eigenvalue weighted by atomic mass is 35.5. The zero-order chi connectivity index (χ0) is 21.0. The molecule has 0 spiro atoms. The molecule has 29 heavy (non-hydrogen) atoms. The molecule has 0 aliphatic heterocycles. The Kier molecular flexibility index (Phi) is 6.00. The predicted molar refractivity (Wildman–Crippen MR) is 110 cm³/mol. The Morgan fingerprint density at radius 3 is 2.83 bits per heavy atom. The molecule has 0 aliphatic rings. The summed E-state index contributed by atoms with van der Waals surface area (Å²) in [4.78, 5) is 16.0. The molecule has 148 valence electrons. The summed E-state index contributed by atoms with van der Waals surface area (Å²) in [6.07, 6.45) is 1.91. The van der Waals surface area contributed by atoms with Crippen molar-refractivity contribution in [1.82, 2.24) is 14.8 Å². The summed E-state index contributed by atoms with van der Waals surface area (Å²) in [5, 5.41) is 30.0. The number of halogens is 1. The van der Waals surface area contributed by atoms with Gasteiger partial charge in [-0.3, -0.25) is 4.79 Å². The summed E-state index contributed by atoms with van der Waals surface area (Å²) in [7, 11) is 0. The SMILES string of the molecule is CCC(=O)Nc1cc(CNc2c(C#N)c(C)nn2-c2ccccn2)cc(Cl)c1O. The van der Waals surface area contributed by atoms with Gasteiger partial charge in [-0.15, -0.1) is 0 Å². The van der Waals surface area contributed by atoms with E-state index in [0.717, 1.165) is 0 Å². The van der Waals surface area contributed by atoms with Crippen LogP contribution in [-0.2, 0) is 11.3 Å². The third kappa shape index (κ3) is 4.31. The maximum Gasteiger partial charge on any atom is 0.224 e. The van der Waals surface area contributed by atoms with Gasteiger partial charge in [0.15, 0.2) is 11.6 Å². The number of nitriles is 1. The number of nitrogens with one attached hydrogen (secondary N) is 2. The molecule has 0 saturated heterocycles. The van der Waals surface area contributed by atoms with E-state index in [1.54, 1.807) is 49.0 Å². The number of aromatic nitrogens is 3. The number of carbonyl (C=O) groups excluding carboxylic acids is 1.